The maximum Gasteiger partial charge on any atom is 0.416 e. The molecule has 0 aliphatic rings. The van der Waals surface area contributed by atoms with Gasteiger partial charge in [-0.05, 0) is 62.4 Å². The van der Waals surface area contributed by atoms with Crippen molar-refractivity contribution in [1.82, 2.24) is 9.97 Å². The van der Waals surface area contributed by atoms with Gasteiger partial charge in [0.25, 0.3) is 0 Å². The zero-order valence-electron chi connectivity index (χ0n) is 34.2. The third-order valence-electron chi connectivity index (χ3n) is 10.4. The lowest BCUT2D eigenvalue weighted by Gasteiger charge is -2.12. The summed E-state index contributed by atoms with van der Waals surface area (Å²) in [5, 5.41) is 2.53. The number of hydrogen-bond donors (Lipinski definition) is 0. The molecule has 0 saturated heterocycles. The van der Waals surface area contributed by atoms with Crippen molar-refractivity contribution < 1.29 is 59.0 Å². The predicted octanol–water partition coefficient (Wildman–Crippen LogP) is 12.7. The van der Waals surface area contributed by atoms with Crippen LogP contribution in [0.4, 0.5) is 26.3 Å². The topological polar surface area (TPSA) is 114 Å². The van der Waals surface area contributed by atoms with Crippen LogP contribution in [0.1, 0.15) is 56.2 Å². The average Bonchev–Trinajstić information content (AvgIpc) is 4.05. The van der Waals surface area contributed by atoms with E-state index >= 15 is 0 Å². The minimum atomic E-state index is -4.42. The van der Waals surface area contributed by atoms with Crippen LogP contribution < -0.4 is 9.47 Å². The summed E-state index contributed by atoms with van der Waals surface area (Å²) >= 11 is 2.79. The second-order valence-electron chi connectivity index (χ2n) is 15.0. The molecule has 4 aromatic carbocycles. The summed E-state index contributed by atoms with van der Waals surface area (Å²) in [5.41, 5.74) is 3.29. The fourth-order valence-electron chi connectivity index (χ4n) is 7.03. The molecule has 0 aliphatic heterocycles. The number of alkyl halides is 6. The highest BCUT2D eigenvalue weighted by Crippen LogP contribution is 2.36. The minimum absolute atomic E-state index is 0.137. The van der Waals surface area contributed by atoms with E-state index in [2.05, 4.69) is 4.98 Å². The number of furan rings is 2. The summed E-state index contributed by atoms with van der Waals surface area (Å²) in [6, 6.07) is 20.2. The molecule has 1 atom stereocenters. The van der Waals surface area contributed by atoms with E-state index < -0.39 is 35.4 Å². The first kappa shape index (κ1) is 44.2. The molecular formula is C47H36F6N2O7S2. The number of nitrogens with zero attached hydrogens (tertiary/aromatic N) is 2. The van der Waals surface area contributed by atoms with Crippen LogP contribution in [0.5, 0.6) is 11.5 Å². The second-order valence-corrected chi connectivity index (χ2v) is 17.4. The molecule has 0 fully saturated rings. The van der Waals surface area contributed by atoms with Gasteiger partial charge >= 0.3 is 24.3 Å². The molecule has 8 rings (SSSR count). The van der Waals surface area contributed by atoms with Crippen molar-refractivity contribution in [2.24, 2.45) is 0 Å². The summed E-state index contributed by atoms with van der Waals surface area (Å²) in [4.78, 5) is 36.9. The number of hydrogen-bond acceptors (Lipinski definition) is 11. The quantitative estimate of drug-likeness (QED) is 0.0597. The zero-order chi connectivity index (χ0) is 45.3. The van der Waals surface area contributed by atoms with Gasteiger partial charge in [0.15, 0.2) is 0 Å². The van der Waals surface area contributed by atoms with Crippen LogP contribution in [0, 0.1) is 13.8 Å². The normalized spacial score (nSPS) is 12.5. The van der Waals surface area contributed by atoms with Gasteiger partial charge in [0, 0.05) is 67.3 Å². The number of rotatable bonds is 14. The Morgan fingerprint density at radius 3 is 1.66 bits per heavy atom. The van der Waals surface area contributed by atoms with E-state index in [4.69, 9.17) is 28.0 Å². The van der Waals surface area contributed by atoms with Crippen LogP contribution in [0.25, 0.3) is 43.1 Å². The van der Waals surface area contributed by atoms with Crippen LogP contribution in [0.3, 0.4) is 0 Å². The van der Waals surface area contributed by atoms with Gasteiger partial charge in [-0.25, -0.2) is 9.97 Å². The number of halogens is 6. The third-order valence-corrected chi connectivity index (χ3v) is 12.5. The maximum atomic E-state index is 13.0. The Morgan fingerprint density at radius 2 is 1.14 bits per heavy atom. The number of carbonyl (C=O) groups excluding carboxylic acids is 2. The van der Waals surface area contributed by atoms with Gasteiger partial charge in [-0.3, -0.25) is 9.59 Å². The van der Waals surface area contributed by atoms with Crippen molar-refractivity contribution in [1.29, 1.82) is 0 Å². The number of ether oxygens (including phenoxy) is 3. The van der Waals surface area contributed by atoms with Crippen LogP contribution >= 0.6 is 22.7 Å². The number of fused-ring (bicyclic) bond motifs is 2. The fourth-order valence-corrected chi connectivity index (χ4v) is 9.04. The van der Waals surface area contributed by atoms with Crippen LogP contribution in [-0.4, -0.2) is 35.1 Å². The maximum absolute atomic E-state index is 13.0. The molecule has 9 nitrogen and oxygen atoms in total. The summed E-state index contributed by atoms with van der Waals surface area (Å²) in [5.74, 6) is -0.629. The Balaban J connectivity index is 0.806. The Kier molecular flexibility index (Phi) is 12.4. The molecular weight excluding hydrogens is 883 g/mol. The molecule has 0 aliphatic carbocycles. The summed E-state index contributed by atoms with van der Waals surface area (Å²) in [6.07, 6.45) is -5.95. The molecule has 0 saturated carbocycles. The predicted molar refractivity (Wildman–Crippen MR) is 229 cm³/mol. The number of esters is 2. The summed E-state index contributed by atoms with van der Waals surface area (Å²) < 4.78 is 106. The van der Waals surface area contributed by atoms with E-state index in [9.17, 15) is 35.9 Å². The van der Waals surface area contributed by atoms with Crippen molar-refractivity contribution in [3.8, 4) is 32.6 Å². The molecule has 1 unspecified atom stereocenters. The first-order chi connectivity index (χ1) is 30.5. The average molecular weight is 919 g/mol. The van der Waals surface area contributed by atoms with Gasteiger partial charge < -0.3 is 23.0 Å². The highest BCUT2D eigenvalue weighted by molar-refractivity contribution is 7.15. The first-order valence-corrected chi connectivity index (χ1v) is 21.4. The monoisotopic (exact) mass is 918 g/mol. The van der Waals surface area contributed by atoms with Crippen molar-refractivity contribution >= 4 is 56.6 Å². The van der Waals surface area contributed by atoms with Gasteiger partial charge in [-0.1, -0.05) is 31.2 Å². The third kappa shape index (κ3) is 10.00. The van der Waals surface area contributed by atoms with E-state index in [1.807, 2.05) is 20.8 Å². The number of aryl methyl sites for hydroxylation is 2. The molecule has 17 heteroatoms. The van der Waals surface area contributed by atoms with E-state index in [0.29, 0.717) is 72.1 Å². The van der Waals surface area contributed by atoms with E-state index in [1.54, 1.807) is 36.4 Å². The Morgan fingerprint density at radius 1 is 0.656 bits per heavy atom. The van der Waals surface area contributed by atoms with Crippen molar-refractivity contribution in [3.63, 3.8) is 0 Å². The van der Waals surface area contributed by atoms with Crippen LogP contribution in [0.15, 0.2) is 106 Å². The Labute approximate surface area is 369 Å². The van der Waals surface area contributed by atoms with E-state index in [-0.39, 0.29) is 32.0 Å². The number of carbonyl (C=O) groups is 2. The summed E-state index contributed by atoms with van der Waals surface area (Å²) in [6.45, 7) is 6.29. The number of benzene rings is 4. The smallest absolute Gasteiger partial charge is 0.416 e. The van der Waals surface area contributed by atoms with E-state index in [1.165, 1.54) is 59.5 Å². The molecule has 330 valence electrons. The van der Waals surface area contributed by atoms with Gasteiger partial charge in [-0.2, -0.15) is 26.3 Å². The highest BCUT2D eigenvalue weighted by Gasteiger charge is 2.31. The molecule has 0 bridgehead atoms. The first-order valence-electron chi connectivity index (χ1n) is 19.8. The largest absolute Gasteiger partial charge is 0.493 e. The zero-order valence-corrected chi connectivity index (χ0v) is 35.8. The van der Waals surface area contributed by atoms with Gasteiger partial charge in [0.05, 0.1) is 61.1 Å². The van der Waals surface area contributed by atoms with Crippen molar-refractivity contribution in [2.45, 2.75) is 58.3 Å². The lowest BCUT2D eigenvalue weighted by molar-refractivity contribution is -0.158. The second kappa shape index (κ2) is 18.0. The van der Waals surface area contributed by atoms with Gasteiger partial charge in [0.1, 0.15) is 32.7 Å². The Hall–Kier alpha value is -6.46. The van der Waals surface area contributed by atoms with Crippen molar-refractivity contribution in [3.05, 3.63) is 141 Å². The molecule has 0 radical (unpaired) electrons. The lowest BCUT2D eigenvalue weighted by Crippen LogP contribution is -2.16. The molecule has 4 heterocycles. The van der Waals surface area contributed by atoms with E-state index in [0.717, 1.165) is 45.4 Å². The van der Waals surface area contributed by atoms with Crippen LogP contribution in [0.2, 0.25) is 0 Å². The Bertz CT molecular complexity index is 2960. The van der Waals surface area contributed by atoms with Gasteiger partial charge in [0.2, 0.25) is 0 Å². The summed E-state index contributed by atoms with van der Waals surface area (Å²) in [7, 11) is 0. The molecule has 4 aromatic heterocycles. The SMILES string of the molecule is Cc1sc(-c2ccc(C(F)(F)F)cc2)nc1CCOc1ccc2c(CC(=O)OC(=O)Cc3coc4cc(OCC(C)c5nc(-c6ccc(C(F)(F)F)cc6)sc5C)ccc34)coc2c1. The molecule has 64 heavy (non-hydrogen) atoms. The minimum Gasteiger partial charge on any atom is -0.493 e. The van der Waals surface area contributed by atoms with Crippen LogP contribution in [-0.2, 0) is 45.9 Å². The highest BCUT2D eigenvalue weighted by atomic mass is 32.1. The molecule has 8 aromatic rings. The standard InChI is InChI=1S/C47H36F6N2O7S2/c1-25(43-27(3)64-45(55-43)29-6-10-33(11-7-29)47(51,52)53)22-59-35-13-15-37-31(24-61-40(37)21-35)19-42(57)62-41(56)18-30-23-60-39-20-34(12-14-36(30)39)58-17-16-38-26(2)63-44(54-38)28-4-8-32(9-5-28)46(48,49)50/h4-15,20-21,23-25H,16-19,22H2,1-3H3. The lowest BCUT2D eigenvalue weighted by atomic mass is 10.1. The van der Waals surface area contributed by atoms with Gasteiger partial charge in [-0.15, -0.1) is 22.7 Å². The van der Waals surface area contributed by atoms with Crippen molar-refractivity contribution in [2.75, 3.05) is 13.2 Å². The molecule has 0 spiro atoms. The number of thiazole rings is 2. The number of aromatic nitrogens is 2. The molecule has 0 N–H and O–H groups in total. The fraction of sp³-hybridized carbons (Fsp3) is 0.234. The molecule has 0 amide bonds.